The average Bonchev–Trinajstić information content (AvgIpc) is 3.39. The van der Waals surface area contributed by atoms with Crippen LogP contribution in [0, 0.1) is 5.82 Å². The maximum Gasteiger partial charge on any atom is 0.167 e. The number of aliphatic hydroxyl groups is 1. The predicted octanol–water partition coefficient (Wildman–Crippen LogP) is 2.68. The summed E-state index contributed by atoms with van der Waals surface area (Å²) in [4.78, 5) is 20.7. The van der Waals surface area contributed by atoms with Gasteiger partial charge in [-0.1, -0.05) is 30.3 Å². The lowest BCUT2D eigenvalue weighted by Gasteiger charge is -2.38. The van der Waals surface area contributed by atoms with E-state index >= 15 is 0 Å². The van der Waals surface area contributed by atoms with Gasteiger partial charge >= 0.3 is 0 Å². The third-order valence-electron chi connectivity index (χ3n) is 7.10. The molecule has 0 amide bonds. The number of anilines is 2. The molecule has 9 nitrogen and oxygen atoms in total. The van der Waals surface area contributed by atoms with E-state index in [9.17, 15) is 9.50 Å². The standard InChI is InChI=1S/C27H30FN7O2/c28-21-8-6-20(7-9-21)14-32-15-23(17-36)37-24(16-32)35-19-31-25-26(29-18-30-27(25)35)34-12-10-33(11-13-34)22-4-2-1-3-5-22/h1-9,18-19,23-24,36H,10-17H2/t23-,24+/m0/s1. The molecule has 192 valence electrons. The fraction of sp³-hybridized carbons (Fsp3) is 0.370. The lowest BCUT2D eigenvalue weighted by molar-refractivity contribution is -0.135. The van der Waals surface area contributed by atoms with E-state index in [2.05, 4.69) is 48.9 Å². The zero-order chi connectivity index (χ0) is 25.2. The van der Waals surface area contributed by atoms with Crippen LogP contribution in [-0.4, -0.2) is 81.5 Å². The van der Waals surface area contributed by atoms with Gasteiger partial charge in [-0.05, 0) is 29.8 Å². The Morgan fingerprint density at radius 2 is 1.65 bits per heavy atom. The van der Waals surface area contributed by atoms with Crippen molar-refractivity contribution in [3.05, 3.63) is 78.6 Å². The highest BCUT2D eigenvalue weighted by Crippen LogP contribution is 2.29. The summed E-state index contributed by atoms with van der Waals surface area (Å²) in [6.07, 6.45) is 2.63. The van der Waals surface area contributed by atoms with Crippen molar-refractivity contribution < 1.29 is 14.2 Å². The molecule has 0 spiro atoms. The minimum absolute atomic E-state index is 0.0883. The third kappa shape index (κ3) is 5.00. The van der Waals surface area contributed by atoms with Gasteiger partial charge in [0.2, 0.25) is 0 Å². The first-order chi connectivity index (χ1) is 18.2. The van der Waals surface area contributed by atoms with Crippen LogP contribution in [0.4, 0.5) is 15.9 Å². The molecule has 0 unspecified atom stereocenters. The quantitative estimate of drug-likeness (QED) is 0.430. The van der Waals surface area contributed by atoms with E-state index in [-0.39, 0.29) is 24.8 Å². The number of hydrogen-bond donors (Lipinski definition) is 1. The molecule has 37 heavy (non-hydrogen) atoms. The molecule has 2 fully saturated rings. The molecule has 1 N–H and O–H groups in total. The molecular formula is C27H30FN7O2. The molecule has 2 aromatic carbocycles. The van der Waals surface area contributed by atoms with Crippen molar-refractivity contribution in [3.8, 4) is 0 Å². The fourth-order valence-corrected chi connectivity index (χ4v) is 5.22. The van der Waals surface area contributed by atoms with Gasteiger partial charge in [-0.3, -0.25) is 9.47 Å². The summed E-state index contributed by atoms with van der Waals surface area (Å²) >= 11 is 0. The summed E-state index contributed by atoms with van der Waals surface area (Å²) in [7, 11) is 0. The van der Waals surface area contributed by atoms with Crippen LogP contribution in [0.25, 0.3) is 11.2 Å². The number of nitrogens with zero attached hydrogens (tertiary/aromatic N) is 7. The number of morpholine rings is 1. The van der Waals surface area contributed by atoms with Crippen molar-refractivity contribution >= 4 is 22.7 Å². The van der Waals surface area contributed by atoms with Gasteiger partial charge in [-0.2, -0.15) is 0 Å². The number of aromatic nitrogens is 4. The van der Waals surface area contributed by atoms with Crippen molar-refractivity contribution in [1.29, 1.82) is 0 Å². The van der Waals surface area contributed by atoms with Gasteiger partial charge in [0.1, 0.15) is 18.4 Å². The Kier molecular flexibility index (Phi) is 6.69. The van der Waals surface area contributed by atoms with Gasteiger partial charge in [-0.25, -0.2) is 19.3 Å². The fourth-order valence-electron chi connectivity index (χ4n) is 5.22. The molecule has 2 aliphatic heterocycles. The molecule has 6 rings (SSSR count). The predicted molar refractivity (Wildman–Crippen MR) is 139 cm³/mol. The summed E-state index contributed by atoms with van der Waals surface area (Å²) in [5, 5.41) is 9.90. The molecule has 0 saturated carbocycles. The molecule has 2 atom stereocenters. The van der Waals surface area contributed by atoms with E-state index in [0.717, 1.165) is 43.1 Å². The summed E-state index contributed by atoms with van der Waals surface area (Å²) in [6, 6.07) is 17.0. The van der Waals surface area contributed by atoms with Crippen LogP contribution in [0.5, 0.6) is 0 Å². The van der Waals surface area contributed by atoms with E-state index in [4.69, 9.17) is 9.72 Å². The molecule has 0 radical (unpaired) electrons. The minimum Gasteiger partial charge on any atom is -0.394 e. The number of fused-ring (bicyclic) bond motifs is 1. The number of piperazine rings is 1. The van der Waals surface area contributed by atoms with Crippen LogP contribution >= 0.6 is 0 Å². The lowest BCUT2D eigenvalue weighted by atomic mass is 10.1. The largest absolute Gasteiger partial charge is 0.394 e. The second-order valence-electron chi connectivity index (χ2n) is 9.55. The second-order valence-corrected chi connectivity index (χ2v) is 9.55. The van der Waals surface area contributed by atoms with Crippen molar-refractivity contribution in [1.82, 2.24) is 24.4 Å². The molecular weight excluding hydrogens is 473 g/mol. The third-order valence-corrected chi connectivity index (χ3v) is 7.10. The number of ether oxygens (including phenoxy) is 1. The Morgan fingerprint density at radius 3 is 2.41 bits per heavy atom. The number of para-hydroxylation sites is 1. The van der Waals surface area contributed by atoms with Gasteiger partial charge in [0.25, 0.3) is 0 Å². The highest BCUT2D eigenvalue weighted by molar-refractivity contribution is 5.83. The number of benzene rings is 2. The van der Waals surface area contributed by atoms with E-state index in [1.165, 1.54) is 17.8 Å². The van der Waals surface area contributed by atoms with Crippen molar-refractivity contribution in [2.24, 2.45) is 0 Å². The molecule has 2 aromatic heterocycles. The molecule has 4 aromatic rings. The molecule has 2 saturated heterocycles. The monoisotopic (exact) mass is 503 g/mol. The first-order valence-corrected chi connectivity index (χ1v) is 12.6. The average molecular weight is 504 g/mol. The Morgan fingerprint density at radius 1 is 0.892 bits per heavy atom. The summed E-state index contributed by atoms with van der Waals surface area (Å²) in [5.74, 6) is 0.577. The van der Waals surface area contributed by atoms with Crippen molar-refractivity contribution in [3.63, 3.8) is 0 Å². The zero-order valence-electron chi connectivity index (χ0n) is 20.5. The Hall–Kier alpha value is -3.60. The minimum atomic E-state index is -0.367. The normalized spacial score (nSPS) is 21.0. The highest BCUT2D eigenvalue weighted by Gasteiger charge is 2.31. The first-order valence-electron chi connectivity index (χ1n) is 12.6. The van der Waals surface area contributed by atoms with Gasteiger partial charge in [0.05, 0.1) is 19.0 Å². The van der Waals surface area contributed by atoms with E-state index < -0.39 is 0 Å². The smallest absolute Gasteiger partial charge is 0.167 e. The summed E-state index contributed by atoms with van der Waals surface area (Å²) in [5.41, 5.74) is 3.70. The highest BCUT2D eigenvalue weighted by atomic mass is 19.1. The van der Waals surface area contributed by atoms with Gasteiger partial charge in [-0.15, -0.1) is 0 Å². The molecule has 0 aliphatic carbocycles. The number of aliphatic hydroxyl groups excluding tert-OH is 1. The maximum atomic E-state index is 13.3. The Bertz CT molecular complexity index is 1330. The first kappa shape index (κ1) is 23.8. The topological polar surface area (TPSA) is 82.8 Å². The molecule has 10 heteroatoms. The zero-order valence-corrected chi connectivity index (χ0v) is 20.5. The summed E-state index contributed by atoms with van der Waals surface area (Å²) in [6.45, 7) is 5.20. The van der Waals surface area contributed by atoms with Crippen LogP contribution in [-0.2, 0) is 11.3 Å². The second kappa shape index (κ2) is 10.4. The van der Waals surface area contributed by atoms with Crippen molar-refractivity contribution in [2.45, 2.75) is 18.9 Å². The maximum absolute atomic E-state index is 13.3. The van der Waals surface area contributed by atoms with E-state index in [1.807, 2.05) is 10.6 Å². The Balaban J connectivity index is 1.20. The number of imidazole rings is 1. The number of halogens is 1. The van der Waals surface area contributed by atoms with Gasteiger partial charge in [0, 0.05) is 51.5 Å². The van der Waals surface area contributed by atoms with Gasteiger partial charge in [0.15, 0.2) is 17.0 Å². The molecule has 0 bridgehead atoms. The SMILES string of the molecule is OC[C@@H]1CN(Cc2ccc(F)cc2)C[C@H](n2cnc3c(N4CCN(c5ccccc5)CC4)ncnc32)O1. The summed E-state index contributed by atoms with van der Waals surface area (Å²) < 4.78 is 21.5. The van der Waals surface area contributed by atoms with Gasteiger partial charge < -0.3 is 19.6 Å². The van der Waals surface area contributed by atoms with Crippen molar-refractivity contribution in [2.75, 3.05) is 55.7 Å². The van der Waals surface area contributed by atoms with Crippen LogP contribution in [0.1, 0.15) is 11.8 Å². The molecule has 2 aliphatic rings. The molecule has 4 heterocycles. The lowest BCUT2D eigenvalue weighted by Crippen LogP contribution is -2.47. The Labute approximate surface area is 214 Å². The van der Waals surface area contributed by atoms with Crippen LogP contribution < -0.4 is 9.80 Å². The number of rotatable bonds is 6. The van der Waals surface area contributed by atoms with E-state index in [1.54, 1.807) is 24.8 Å². The number of hydrogen-bond acceptors (Lipinski definition) is 8. The van der Waals surface area contributed by atoms with E-state index in [0.29, 0.717) is 25.3 Å². The van der Waals surface area contributed by atoms with Crippen LogP contribution in [0.3, 0.4) is 0 Å². The van der Waals surface area contributed by atoms with Crippen LogP contribution in [0.2, 0.25) is 0 Å². The van der Waals surface area contributed by atoms with Crippen LogP contribution in [0.15, 0.2) is 67.3 Å².